The Morgan fingerprint density at radius 1 is 0.737 bits per heavy atom. The SMILES string of the molecule is CC(=O)OCCCCCC1CCC2CC(=O)CC12.CCC(CCCCC1CCC2CC(=O)CC12)OC(C)=O. The molecule has 7 unspecified atom stereocenters. The molecule has 0 aromatic rings. The number of ketones is 2. The molecule has 4 fully saturated rings. The van der Waals surface area contributed by atoms with Crippen LogP contribution in [-0.2, 0) is 28.7 Å². The van der Waals surface area contributed by atoms with Crippen molar-refractivity contribution in [3.63, 3.8) is 0 Å². The van der Waals surface area contributed by atoms with Crippen molar-refractivity contribution in [1.29, 1.82) is 0 Å². The third-order valence-corrected chi connectivity index (χ3v) is 9.81. The molecule has 0 amide bonds. The molecule has 0 aromatic heterocycles. The van der Waals surface area contributed by atoms with Gasteiger partial charge in [0.25, 0.3) is 0 Å². The van der Waals surface area contributed by atoms with Crippen LogP contribution < -0.4 is 0 Å². The summed E-state index contributed by atoms with van der Waals surface area (Å²) in [6.45, 7) is 5.57. The van der Waals surface area contributed by atoms with Crippen LogP contribution in [0.1, 0.15) is 130 Å². The number of ether oxygens (including phenoxy) is 2. The molecule has 38 heavy (non-hydrogen) atoms. The number of carbonyl (C=O) groups excluding carboxylic acids is 4. The Balaban J connectivity index is 0.000000212. The zero-order chi connectivity index (χ0) is 27.5. The number of hydrogen-bond donors (Lipinski definition) is 0. The van der Waals surface area contributed by atoms with Crippen molar-refractivity contribution < 1.29 is 28.7 Å². The van der Waals surface area contributed by atoms with Crippen LogP contribution in [0.25, 0.3) is 0 Å². The maximum Gasteiger partial charge on any atom is 0.302 e. The fourth-order valence-corrected chi connectivity index (χ4v) is 7.91. The highest BCUT2D eigenvalue weighted by atomic mass is 16.5. The lowest BCUT2D eigenvalue weighted by atomic mass is 9.88. The number of rotatable bonds is 13. The molecule has 0 N–H and O–H groups in total. The monoisotopic (exact) mass is 532 g/mol. The van der Waals surface area contributed by atoms with Gasteiger partial charge in [0.15, 0.2) is 0 Å². The summed E-state index contributed by atoms with van der Waals surface area (Å²) < 4.78 is 10.2. The van der Waals surface area contributed by atoms with Gasteiger partial charge in [0.1, 0.15) is 17.7 Å². The molecule has 7 atom stereocenters. The summed E-state index contributed by atoms with van der Waals surface area (Å²) in [5.41, 5.74) is 0. The molecule has 4 aliphatic carbocycles. The topological polar surface area (TPSA) is 86.7 Å². The molecule has 0 aliphatic heterocycles. The van der Waals surface area contributed by atoms with E-state index in [9.17, 15) is 19.2 Å². The fraction of sp³-hybridized carbons (Fsp3) is 0.875. The molecule has 6 heteroatoms. The van der Waals surface area contributed by atoms with Crippen LogP contribution in [0.15, 0.2) is 0 Å². The third-order valence-electron chi connectivity index (χ3n) is 9.81. The van der Waals surface area contributed by atoms with Gasteiger partial charge in [-0.25, -0.2) is 0 Å². The second-order valence-corrected chi connectivity index (χ2v) is 12.5. The van der Waals surface area contributed by atoms with E-state index in [1.165, 1.54) is 65.2 Å². The number of esters is 2. The van der Waals surface area contributed by atoms with E-state index < -0.39 is 0 Å². The Morgan fingerprint density at radius 3 is 1.79 bits per heavy atom. The van der Waals surface area contributed by atoms with Gasteiger partial charge in [-0.3, -0.25) is 19.2 Å². The van der Waals surface area contributed by atoms with Gasteiger partial charge in [-0.1, -0.05) is 39.0 Å². The number of hydrogen-bond acceptors (Lipinski definition) is 6. The van der Waals surface area contributed by atoms with Crippen molar-refractivity contribution in [3.8, 4) is 0 Å². The fourth-order valence-electron chi connectivity index (χ4n) is 7.91. The maximum absolute atomic E-state index is 11.5. The van der Waals surface area contributed by atoms with Gasteiger partial charge in [0.05, 0.1) is 6.61 Å². The van der Waals surface area contributed by atoms with Gasteiger partial charge in [0.2, 0.25) is 0 Å². The van der Waals surface area contributed by atoms with Crippen LogP contribution in [0.2, 0.25) is 0 Å². The van der Waals surface area contributed by atoms with Gasteiger partial charge in [-0.2, -0.15) is 0 Å². The third kappa shape index (κ3) is 9.79. The first-order chi connectivity index (χ1) is 18.3. The molecule has 4 rings (SSSR count). The van der Waals surface area contributed by atoms with Gasteiger partial charge >= 0.3 is 11.9 Å². The predicted molar refractivity (Wildman–Crippen MR) is 147 cm³/mol. The average Bonchev–Trinajstić information content (AvgIpc) is 3.60. The zero-order valence-electron chi connectivity index (χ0n) is 24.2. The Bertz CT molecular complexity index is 791. The average molecular weight is 533 g/mol. The van der Waals surface area contributed by atoms with E-state index >= 15 is 0 Å². The van der Waals surface area contributed by atoms with E-state index in [1.54, 1.807) is 0 Å². The predicted octanol–water partition coefficient (Wildman–Crippen LogP) is 7.01. The highest BCUT2D eigenvalue weighted by molar-refractivity contribution is 5.81. The molecule has 0 spiro atoms. The summed E-state index contributed by atoms with van der Waals surface area (Å²) in [6.07, 6.45) is 18.7. The first kappa shape index (κ1) is 30.8. The van der Waals surface area contributed by atoms with Crippen molar-refractivity contribution in [1.82, 2.24) is 0 Å². The number of unbranched alkanes of at least 4 members (excludes halogenated alkanes) is 3. The minimum Gasteiger partial charge on any atom is -0.466 e. The number of Topliss-reactive ketones (excluding diaryl/α,β-unsaturated/α-hetero) is 2. The molecule has 0 bridgehead atoms. The van der Waals surface area contributed by atoms with E-state index in [1.807, 2.05) is 0 Å². The minimum atomic E-state index is -0.182. The highest BCUT2D eigenvalue weighted by Crippen LogP contribution is 2.48. The second-order valence-electron chi connectivity index (χ2n) is 12.5. The van der Waals surface area contributed by atoms with Crippen LogP contribution in [0, 0.1) is 35.5 Å². The lowest BCUT2D eigenvalue weighted by molar-refractivity contribution is -0.147. The van der Waals surface area contributed by atoms with Crippen molar-refractivity contribution in [3.05, 3.63) is 0 Å². The molecular formula is C32H52O6. The summed E-state index contributed by atoms with van der Waals surface area (Å²) in [5, 5.41) is 0. The first-order valence-corrected chi connectivity index (χ1v) is 15.6. The van der Waals surface area contributed by atoms with E-state index in [4.69, 9.17) is 9.47 Å². The molecule has 4 aliphatic rings. The molecule has 0 saturated heterocycles. The quantitative estimate of drug-likeness (QED) is 0.187. The second kappa shape index (κ2) is 15.8. The van der Waals surface area contributed by atoms with Crippen LogP contribution in [-0.4, -0.2) is 36.2 Å². The van der Waals surface area contributed by atoms with Crippen LogP contribution >= 0.6 is 0 Å². The Morgan fingerprint density at radius 2 is 1.29 bits per heavy atom. The van der Waals surface area contributed by atoms with Crippen LogP contribution in [0.3, 0.4) is 0 Å². The molecule has 216 valence electrons. The molecule has 0 aromatic carbocycles. The van der Waals surface area contributed by atoms with Crippen molar-refractivity contribution in [2.24, 2.45) is 35.5 Å². The Kier molecular flexibility index (Phi) is 12.8. The van der Waals surface area contributed by atoms with Gasteiger partial charge in [0, 0.05) is 39.5 Å². The van der Waals surface area contributed by atoms with Crippen LogP contribution in [0.5, 0.6) is 0 Å². The minimum absolute atomic E-state index is 0.0943. The van der Waals surface area contributed by atoms with Gasteiger partial charge < -0.3 is 9.47 Å². The first-order valence-electron chi connectivity index (χ1n) is 15.6. The van der Waals surface area contributed by atoms with E-state index in [2.05, 4.69) is 6.92 Å². The van der Waals surface area contributed by atoms with Crippen molar-refractivity contribution >= 4 is 23.5 Å². The summed E-state index contributed by atoms with van der Waals surface area (Å²) in [4.78, 5) is 44.5. The zero-order valence-corrected chi connectivity index (χ0v) is 24.2. The summed E-state index contributed by atoms with van der Waals surface area (Å²) in [5.74, 6) is 5.01. The maximum atomic E-state index is 11.5. The summed E-state index contributed by atoms with van der Waals surface area (Å²) >= 11 is 0. The molecule has 0 radical (unpaired) electrons. The Labute approximate surface area is 230 Å². The normalized spacial score (nSPS) is 30.4. The van der Waals surface area contributed by atoms with E-state index in [-0.39, 0.29) is 18.0 Å². The highest BCUT2D eigenvalue weighted by Gasteiger charge is 2.43. The van der Waals surface area contributed by atoms with Crippen molar-refractivity contribution in [2.45, 2.75) is 136 Å². The number of fused-ring (bicyclic) bond motifs is 2. The van der Waals surface area contributed by atoms with Gasteiger partial charge in [-0.15, -0.1) is 0 Å². The van der Waals surface area contributed by atoms with E-state index in [0.717, 1.165) is 69.6 Å². The van der Waals surface area contributed by atoms with Crippen LogP contribution in [0.4, 0.5) is 0 Å². The molecule has 4 saturated carbocycles. The standard InChI is InChI=1S/C17H28O3.C15H24O3/c1-3-16(20-12(2)18)7-5-4-6-13-8-9-14-10-15(19)11-17(13)14;1-11(16)18-8-4-2-3-5-12-6-7-13-9-14(17)10-15(12)13/h13-14,16-17H,3-11H2,1-2H3;12-13,15H,2-10H2,1H3. The summed E-state index contributed by atoms with van der Waals surface area (Å²) in [6, 6.07) is 0. The lowest BCUT2D eigenvalue weighted by Crippen LogP contribution is -2.15. The summed E-state index contributed by atoms with van der Waals surface area (Å²) in [7, 11) is 0. The largest absolute Gasteiger partial charge is 0.466 e. The molecular weight excluding hydrogens is 480 g/mol. The Hall–Kier alpha value is -1.72. The van der Waals surface area contributed by atoms with Gasteiger partial charge in [-0.05, 0) is 86.9 Å². The molecule has 0 heterocycles. The lowest BCUT2D eigenvalue weighted by Gasteiger charge is -2.19. The number of carbonyl (C=O) groups is 4. The molecule has 6 nitrogen and oxygen atoms in total. The van der Waals surface area contributed by atoms with Crippen molar-refractivity contribution in [2.75, 3.05) is 6.61 Å². The smallest absolute Gasteiger partial charge is 0.302 e. The van der Waals surface area contributed by atoms with E-state index in [0.29, 0.717) is 41.8 Å².